The second kappa shape index (κ2) is 7.39. The van der Waals surface area contributed by atoms with Crippen LogP contribution in [0, 0.1) is 11.3 Å². The lowest BCUT2D eigenvalue weighted by atomic mass is 10.1. The molecule has 7 heteroatoms. The third-order valence-corrected chi connectivity index (χ3v) is 4.20. The molecule has 0 fully saturated rings. The number of hydrogen-bond acceptors (Lipinski definition) is 5. The minimum atomic E-state index is 0.337. The van der Waals surface area contributed by atoms with E-state index in [0.29, 0.717) is 39.5 Å². The molecule has 0 aliphatic carbocycles. The van der Waals surface area contributed by atoms with Crippen LogP contribution in [0.3, 0.4) is 0 Å². The summed E-state index contributed by atoms with van der Waals surface area (Å²) in [5.74, 6) is 0.701. The average Bonchev–Trinajstić information content (AvgIpc) is 2.58. The minimum Gasteiger partial charge on any atom is -0.384 e. The molecule has 5 nitrogen and oxygen atoms in total. The van der Waals surface area contributed by atoms with Crippen molar-refractivity contribution >= 4 is 40.7 Å². The van der Waals surface area contributed by atoms with E-state index in [1.165, 1.54) is 0 Å². The summed E-state index contributed by atoms with van der Waals surface area (Å²) in [6.45, 7) is 0. The lowest BCUT2D eigenvalue weighted by Gasteiger charge is -2.10. The van der Waals surface area contributed by atoms with E-state index in [1.807, 2.05) is 0 Å². The average molecular weight is 370 g/mol. The largest absolute Gasteiger partial charge is 0.384 e. The Hall–Kier alpha value is -2.81. The quantitative estimate of drug-likeness (QED) is 0.702. The van der Waals surface area contributed by atoms with Gasteiger partial charge in [0, 0.05) is 28.2 Å². The summed E-state index contributed by atoms with van der Waals surface area (Å²) >= 11 is 12.4. The van der Waals surface area contributed by atoms with E-state index in [4.69, 9.17) is 34.2 Å². The number of nitrogens with one attached hydrogen (secondary N) is 1. The van der Waals surface area contributed by atoms with Gasteiger partial charge in [-0.05, 0) is 42.0 Å². The summed E-state index contributed by atoms with van der Waals surface area (Å²) in [5, 5.41) is 13.1. The second-order valence-corrected chi connectivity index (χ2v) is 6.11. The first kappa shape index (κ1) is 17.0. The molecule has 0 atom stereocenters. The molecule has 0 unspecified atom stereocenters. The SMILES string of the molecule is N#Cc1ccc(Nc2nc(N)cc(Cc3c(Cl)cccc3Cl)n2)cc1. The van der Waals surface area contributed by atoms with Gasteiger partial charge in [-0.3, -0.25) is 0 Å². The predicted octanol–water partition coefficient (Wildman–Crippen LogP) is 4.57. The monoisotopic (exact) mass is 369 g/mol. The van der Waals surface area contributed by atoms with Crippen molar-refractivity contribution < 1.29 is 0 Å². The van der Waals surface area contributed by atoms with Crippen molar-refractivity contribution in [1.82, 2.24) is 9.97 Å². The summed E-state index contributed by atoms with van der Waals surface area (Å²) < 4.78 is 0. The van der Waals surface area contributed by atoms with E-state index in [0.717, 1.165) is 11.3 Å². The molecule has 3 aromatic rings. The van der Waals surface area contributed by atoms with Gasteiger partial charge in [0.1, 0.15) is 5.82 Å². The first-order valence-corrected chi connectivity index (χ1v) is 8.14. The molecule has 0 aliphatic rings. The van der Waals surface area contributed by atoms with Crippen molar-refractivity contribution in [3.05, 3.63) is 75.4 Å². The molecule has 0 bridgehead atoms. The molecule has 0 saturated heterocycles. The number of anilines is 3. The summed E-state index contributed by atoms with van der Waals surface area (Å²) in [7, 11) is 0. The van der Waals surface area contributed by atoms with Crippen LogP contribution in [0.2, 0.25) is 10.0 Å². The molecular formula is C18H13Cl2N5. The molecule has 3 N–H and O–H groups in total. The van der Waals surface area contributed by atoms with Crippen LogP contribution in [0.4, 0.5) is 17.5 Å². The topological polar surface area (TPSA) is 87.6 Å². The summed E-state index contributed by atoms with van der Waals surface area (Å²) in [4.78, 5) is 8.65. The number of aromatic nitrogens is 2. The van der Waals surface area contributed by atoms with Gasteiger partial charge in [-0.25, -0.2) is 4.98 Å². The number of hydrogen-bond donors (Lipinski definition) is 2. The molecule has 0 spiro atoms. The number of nitrogens with zero attached hydrogens (tertiary/aromatic N) is 3. The fraction of sp³-hybridized carbons (Fsp3) is 0.0556. The van der Waals surface area contributed by atoms with Crippen molar-refractivity contribution in [2.75, 3.05) is 11.1 Å². The van der Waals surface area contributed by atoms with E-state index < -0.39 is 0 Å². The number of benzene rings is 2. The fourth-order valence-corrected chi connectivity index (χ4v) is 2.84. The van der Waals surface area contributed by atoms with Gasteiger partial charge in [-0.2, -0.15) is 10.2 Å². The zero-order valence-electron chi connectivity index (χ0n) is 13.0. The fourth-order valence-electron chi connectivity index (χ4n) is 2.30. The van der Waals surface area contributed by atoms with Gasteiger partial charge >= 0.3 is 0 Å². The molecule has 1 aromatic heterocycles. The summed E-state index contributed by atoms with van der Waals surface area (Å²) in [6, 6.07) is 16.1. The van der Waals surface area contributed by atoms with Crippen molar-refractivity contribution in [3.8, 4) is 6.07 Å². The van der Waals surface area contributed by atoms with Crippen molar-refractivity contribution in [2.45, 2.75) is 6.42 Å². The van der Waals surface area contributed by atoms with Crippen LogP contribution in [-0.2, 0) is 6.42 Å². The lowest BCUT2D eigenvalue weighted by molar-refractivity contribution is 1.04. The Balaban J connectivity index is 1.86. The Bertz CT molecular complexity index is 928. The third kappa shape index (κ3) is 4.18. The number of nitrogens with two attached hydrogens (primary N) is 1. The van der Waals surface area contributed by atoms with Crippen LogP contribution in [0.15, 0.2) is 48.5 Å². The molecule has 25 heavy (non-hydrogen) atoms. The summed E-state index contributed by atoms with van der Waals surface area (Å²) in [6.07, 6.45) is 0.438. The van der Waals surface area contributed by atoms with Gasteiger partial charge in [0.2, 0.25) is 5.95 Å². The van der Waals surface area contributed by atoms with E-state index in [9.17, 15) is 0 Å². The Morgan fingerprint density at radius 2 is 1.72 bits per heavy atom. The molecule has 124 valence electrons. The Kier molecular flexibility index (Phi) is 5.03. The number of nitrogen functional groups attached to an aromatic ring is 1. The van der Waals surface area contributed by atoms with Crippen molar-refractivity contribution in [3.63, 3.8) is 0 Å². The normalized spacial score (nSPS) is 10.3. The number of halogens is 2. The van der Waals surface area contributed by atoms with Gasteiger partial charge in [0.15, 0.2) is 0 Å². The number of nitriles is 1. The van der Waals surface area contributed by atoms with Gasteiger partial charge in [-0.1, -0.05) is 29.3 Å². The van der Waals surface area contributed by atoms with Crippen molar-refractivity contribution in [1.29, 1.82) is 5.26 Å². The van der Waals surface area contributed by atoms with Gasteiger partial charge in [-0.15, -0.1) is 0 Å². The molecule has 2 aromatic carbocycles. The molecule has 0 aliphatic heterocycles. The lowest BCUT2D eigenvalue weighted by Crippen LogP contribution is -2.04. The van der Waals surface area contributed by atoms with Crippen LogP contribution in [0.1, 0.15) is 16.8 Å². The maximum Gasteiger partial charge on any atom is 0.229 e. The molecule has 3 rings (SSSR count). The van der Waals surface area contributed by atoms with E-state index in [1.54, 1.807) is 48.5 Å². The predicted molar refractivity (Wildman–Crippen MR) is 100 cm³/mol. The van der Waals surface area contributed by atoms with Crippen molar-refractivity contribution in [2.24, 2.45) is 0 Å². The minimum absolute atomic E-state index is 0.337. The third-order valence-electron chi connectivity index (χ3n) is 3.49. The van der Waals surface area contributed by atoms with Gasteiger partial charge in [0.05, 0.1) is 17.3 Å². The molecular weight excluding hydrogens is 357 g/mol. The highest BCUT2D eigenvalue weighted by Crippen LogP contribution is 2.27. The zero-order chi connectivity index (χ0) is 17.8. The summed E-state index contributed by atoms with van der Waals surface area (Å²) in [5.41, 5.74) is 8.70. The van der Waals surface area contributed by atoms with Gasteiger partial charge in [0.25, 0.3) is 0 Å². The Morgan fingerprint density at radius 3 is 2.36 bits per heavy atom. The Morgan fingerprint density at radius 1 is 1.04 bits per heavy atom. The molecule has 0 amide bonds. The smallest absolute Gasteiger partial charge is 0.229 e. The second-order valence-electron chi connectivity index (χ2n) is 5.30. The van der Waals surface area contributed by atoms with E-state index in [2.05, 4.69) is 21.4 Å². The van der Waals surface area contributed by atoms with Gasteiger partial charge < -0.3 is 11.1 Å². The van der Waals surface area contributed by atoms with Crippen LogP contribution >= 0.6 is 23.2 Å². The first-order valence-electron chi connectivity index (χ1n) is 7.38. The number of rotatable bonds is 4. The standard InChI is InChI=1S/C18H13Cl2N5/c19-15-2-1-3-16(20)14(15)8-13-9-17(22)25-18(24-13)23-12-6-4-11(10-21)5-7-12/h1-7,9H,8H2,(H3,22,23,24,25). The highest BCUT2D eigenvalue weighted by atomic mass is 35.5. The molecule has 0 saturated carbocycles. The van der Waals surface area contributed by atoms with Crippen LogP contribution in [0.25, 0.3) is 0 Å². The van der Waals surface area contributed by atoms with Crippen LogP contribution in [0.5, 0.6) is 0 Å². The maximum absolute atomic E-state index is 8.84. The highest BCUT2D eigenvalue weighted by Gasteiger charge is 2.10. The first-order chi connectivity index (χ1) is 12.0. The Labute approximate surface area is 155 Å². The zero-order valence-corrected chi connectivity index (χ0v) is 14.5. The van der Waals surface area contributed by atoms with Crippen LogP contribution < -0.4 is 11.1 Å². The van der Waals surface area contributed by atoms with Crippen LogP contribution in [-0.4, -0.2) is 9.97 Å². The van der Waals surface area contributed by atoms with E-state index >= 15 is 0 Å². The van der Waals surface area contributed by atoms with E-state index in [-0.39, 0.29) is 0 Å². The highest BCUT2D eigenvalue weighted by molar-refractivity contribution is 6.36. The maximum atomic E-state index is 8.84. The molecule has 0 radical (unpaired) electrons. The molecule has 1 heterocycles.